The molecule has 0 aliphatic carbocycles. The molecule has 0 spiro atoms. The zero-order valence-corrected chi connectivity index (χ0v) is 11.8. The predicted molar refractivity (Wildman–Crippen MR) is 73.4 cm³/mol. The van der Waals surface area contributed by atoms with Gasteiger partial charge in [-0.2, -0.15) is 0 Å². The molecule has 0 bridgehead atoms. The van der Waals surface area contributed by atoms with Crippen molar-refractivity contribution in [1.29, 1.82) is 0 Å². The van der Waals surface area contributed by atoms with Crippen LogP contribution < -0.4 is 9.47 Å². The van der Waals surface area contributed by atoms with E-state index < -0.39 is 0 Å². The van der Waals surface area contributed by atoms with E-state index in [9.17, 15) is 5.11 Å². The second-order valence-electron chi connectivity index (χ2n) is 4.65. The summed E-state index contributed by atoms with van der Waals surface area (Å²) in [4.78, 5) is 0. The lowest BCUT2D eigenvalue weighted by atomic mass is 10.1. The zero-order chi connectivity index (χ0) is 13.5. The van der Waals surface area contributed by atoms with E-state index >= 15 is 0 Å². The molecule has 3 nitrogen and oxygen atoms in total. The third kappa shape index (κ3) is 4.57. The molecular weight excluding hydrogens is 228 g/mol. The molecule has 0 aliphatic heterocycles. The first-order valence-electron chi connectivity index (χ1n) is 6.67. The highest BCUT2D eigenvalue weighted by molar-refractivity contribution is 5.43. The average Bonchev–Trinajstić information content (AvgIpc) is 2.32. The Morgan fingerprint density at radius 1 is 1.17 bits per heavy atom. The fourth-order valence-corrected chi connectivity index (χ4v) is 1.72. The van der Waals surface area contributed by atoms with Crippen LogP contribution in [0.15, 0.2) is 18.2 Å². The Balaban J connectivity index is 2.87. The highest BCUT2D eigenvalue weighted by Crippen LogP contribution is 2.30. The van der Waals surface area contributed by atoms with Crippen LogP contribution in [0.25, 0.3) is 0 Å². The van der Waals surface area contributed by atoms with Gasteiger partial charge in [-0.1, -0.05) is 13.0 Å². The number of aliphatic hydroxyl groups excluding tert-OH is 1. The predicted octanol–water partition coefficient (Wildman–Crippen LogP) is 3.19. The van der Waals surface area contributed by atoms with Crippen LogP contribution in [0.2, 0.25) is 0 Å². The van der Waals surface area contributed by atoms with E-state index in [1.807, 2.05) is 45.9 Å². The summed E-state index contributed by atoms with van der Waals surface area (Å²) >= 11 is 0. The van der Waals surface area contributed by atoms with Gasteiger partial charge in [-0.25, -0.2) is 0 Å². The van der Waals surface area contributed by atoms with Gasteiger partial charge in [-0.15, -0.1) is 0 Å². The van der Waals surface area contributed by atoms with Crippen molar-refractivity contribution in [3.05, 3.63) is 23.8 Å². The van der Waals surface area contributed by atoms with Crippen molar-refractivity contribution >= 4 is 0 Å². The van der Waals surface area contributed by atoms with Crippen LogP contribution >= 0.6 is 0 Å². The van der Waals surface area contributed by atoms with Gasteiger partial charge in [0, 0.05) is 0 Å². The molecule has 1 aromatic rings. The van der Waals surface area contributed by atoms with Crippen LogP contribution in [0.5, 0.6) is 11.5 Å². The number of benzene rings is 1. The van der Waals surface area contributed by atoms with Crippen LogP contribution in [-0.4, -0.2) is 23.9 Å². The van der Waals surface area contributed by atoms with Crippen molar-refractivity contribution in [2.24, 2.45) is 0 Å². The van der Waals surface area contributed by atoms with E-state index in [-0.39, 0.29) is 12.2 Å². The minimum atomic E-state index is -0.295. The molecule has 0 amide bonds. The molecular formula is C15H24O3. The maximum absolute atomic E-state index is 9.67. The van der Waals surface area contributed by atoms with Gasteiger partial charge in [0.15, 0.2) is 11.5 Å². The smallest absolute Gasteiger partial charge is 0.161 e. The standard InChI is InChI=1S/C15H24O3/c1-5-13(16)9-12-7-8-14(18-11(3)4)15(10-12)17-6-2/h7-8,10-11,13,16H,5-6,9H2,1-4H3. The Hall–Kier alpha value is -1.22. The van der Waals surface area contributed by atoms with Crippen molar-refractivity contribution in [2.75, 3.05) is 6.61 Å². The molecule has 0 radical (unpaired) electrons. The van der Waals surface area contributed by atoms with Gasteiger partial charge in [0.1, 0.15) is 0 Å². The van der Waals surface area contributed by atoms with Gasteiger partial charge >= 0.3 is 0 Å². The van der Waals surface area contributed by atoms with E-state index in [1.165, 1.54) is 0 Å². The zero-order valence-electron chi connectivity index (χ0n) is 11.8. The van der Waals surface area contributed by atoms with Gasteiger partial charge in [0.2, 0.25) is 0 Å². The SMILES string of the molecule is CCOc1cc(CC(O)CC)ccc1OC(C)C. The van der Waals surface area contributed by atoms with Crippen LogP contribution in [-0.2, 0) is 6.42 Å². The molecule has 1 aromatic carbocycles. The summed E-state index contributed by atoms with van der Waals surface area (Å²) in [6.07, 6.45) is 1.24. The minimum Gasteiger partial charge on any atom is -0.490 e. The lowest BCUT2D eigenvalue weighted by Gasteiger charge is -2.16. The summed E-state index contributed by atoms with van der Waals surface area (Å²) in [6.45, 7) is 8.51. The van der Waals surface area contributed by atoms with Crippen molar-refractivity contribution < 1.29 is 14.6 Å². The number of hydrogen-bond donors (Lipinski definition) is 1. The summed E-state index contributed by atoms with van der Waals surface area (Å²) in [5, 5.41) is 9.67. The minimum absolute atomic E-state index is 0.122. The molecule has 1 N–H and O–H groups in total. The molecule has 18 heavy (non-hydrogen) atoms. The number of aliphatic hydroxyl groups is 1. The van der Waals surface area contributed by atoms with E-state index in [1.54, 1.807) is 0 Å². The van der Waals surface area contributed by atoms with Gasteiger partial charge in [0.25, 0.3) is 0 Å². The molecule has 1 unspecified atom stereocenters. The van der Waals surface area contributed by atoms with Gasteiger partial charge in [-0.3, -0.25) is 0 Å². The molecule has 0 saturated carbocycles. The molecule has 1 rings (SSSR count). The van der Waals surface area contributed by atoms with Crippen LogP contribution in [0.3, 0.4) is 0 Å². The summed E-state index contributed by atoms with van der Waals surface area (Å²) < 4.78 is 11.3. The number of rotatable bonds is 7. The second kappa shape index (κ2) is 7.27. The summed E-state index contributed by atoms with van der Waals surface area (Å²) in [7, 11) is 0. The van der Waals surface area contributed by atoms with Crippen molar-refractivity contribution in [3.63, 3.8) is 0 Å². The number of hydrogen-bond acceptors (Lipinski definition) is 3. The first-order valence-corrected chi connectivity index (χ1v) is 6.67. The van der Waals surface area contributed by atoms with Gasteiger partial charge < -0.3 is 14.6 Å². The molecule has 0 heterocycles. The van der Waals surface area contributed by atoms with E-state index in [4.69, 9.17) is 9.47 Å². The topological polar surface area (TPSA) is 38.7 Å². The Kier molecular flexibility index (Phi) is 5.99. The van der Waals surface area contributed by atoms with Gasteiger partial charge in [-0.05, 0) is 51.3 Å². The summed E-state index contributed by atoms with van der Waals surface area (Å²) in [6, 6.07) is 5.86. The van der Waals surface area contributed by atoms with Crippen molar-refractivity contribution in [1.82, 2.24) is 0 Å². The summed E-state index contributed by atoms with van der Waals surface area (Å²) in [5.41, 5.74) is 1.07. The van der Waals surface area contributed by atoms with Crippen LogP contribution in [0.4, 0.5) is 0 Å². The fraction of sp³-hybridized carbons (Fsp3) is 0.600. The maximum Gasteiger partial charge on any atom is 0.161 e. The molecule has 1 atom stereocenters. The maximum atomic E-state index is 9.67. The largest absolute Gasteiger partial charge is 0.490 e. The normalized spacial score (nSPS) is 12.6. The van der Waals surface area contributed by atoms with Crippen molar-refractivity contribution in [3.8, 4) is 11.5 Å². The first kappa shape index (κ1) is 14.8. The van der Waals surface area contributed by atoms with E-state index in [2.05, 4.69) is 0 Å². The van der Waals surface area contributed by atoms with Crippen LogP contribution in [0, 0.1) is 0 Å². The molecule has 0 aliphatic rings. The third-order valence-corrected chi connectivity index (χ3v) is 2.61. The molecule has 0 aromatic heterocycles. The molecule has 102 valence electrons. The average molecular weight is 252 g/mol. The second-order valence-corrected chi connectivity index (χ2v) is 4.65. The van der Waals surface area contributed by atoms with Crippen LogP contribution in [0.1, 0.15) is 39.7 Å². The van der Waals surface area contributed by atoms with Crippen molar-refractivity contribution in [2.45, 2.75) is 52.7 Å². The number of ether oxygens (including phenoxy) is 2. The Morgan fingerprint density at radius 3 is 2.44 bits per heavy atom. The Bertz CT molecular complexity index is 361. The highest BCUT2D eigenvalue weighted by atomic mass is 16.5. The van der Waals surface area contributed by atoms with E-state index in [0.29, 0.717) is 13.0 Å². The molecule has 0 saturated heterocycles. The quantitative estimate of drug-likeness (QED) is 0.810. The van der Waals surface area contributed by atoms with E-state index in [0.717, 1.165) is 23.5 Å². The molecule has 0 fully saturated rings. The summed E-state index contributed by atoms with van der Waals surface area (Å²) in [5.74, 6) is 1.52. The first-order chi connectivity index (χ1) is 8.56. The third-order valence-electron chi connectivity index (χ3n) is 2.61. The van der Waals surface area contributed by atoms with Gasteiger partial charge in [0.05, 0.1) is 18.8 Å². The Morgan fingerprint density at radius 2 is 1.89 bits per heavy atom. The fourth-order valence-electron chi connectivity index (χ4n) is 1.72. The Labute approximate surface area is 110 Å². The lowest BCUT2D eigenvalue weighted by molar-refractivity contribution is 0.170. The highest BCUT2D eigenvalue weighted by Gasteiger charge is 2.10. The molecule has 3 heteroatoms. The monoisotopic (exact) mass is 252 g/mol. The lowest BCUT2D eigenvalue weighted by Crippen LogP contribution is -2.10.